The second-order valence-corrected chi connectivity index (χ2v) is 4.96. The molecule has 2 rings (SSSR count). The molecule has 0 unspecified atom stereocenters. The van der Waals surface area contributed by atoms with Gasteiger partial charge in [0.2, 0.25) is 0 Å². The highest BCUT2D eigenvalue weighted by atomic mass is 19.3. The lowest BCUT2D eigenvalue weighted by atomic mass is 10.2. The Morgan fingerprint density at radius 3 is 2.73 bits per heavy atom. The number of aliphatic imine (C=N–C) groups is 1. The second kappa shape index (κ2) is 7.91. The quantitative estimate of drug-likeness (QED) is 0.670. The summed E-state index contributed by atoms with van der Waals surface area (Å²) >= 11 is 0. The average molecular weight is 315 g/mol. The lowest BCUT2D eigenvalue weighted by Gasteiger charge is -2.21. The van der Waals surface area contributed by atoms with Crippen LogP contribution >= 0.6 is 0 Å². The molecular weight excluding hydrogens is 295 g/mol. The third-order valence-electron chi connectivity index (χ3n) is 3.42. The number of ether oxygens (including phenoxy) is 1. The normalized spacial score (nSPS) is 15.5. The maximum atomic E-state index is 13.9. The predicted molar refractivity (Wildman–Crippen MR) is 78.7 cm³/mol. The van der Waals surface area contributed by atoms with E-state index < -0.39 is 12.4 Å². The van der Waals surface area contributed by atoms with Gasteiger partial charge in [0.15, 0.2) is 5.96 Å². The van der Waals surface area contributed by atoms with Crippen molar-refractivity contribution in [3.8, 4) is 5.75 Å². The topological polar surface area (TPSA) is 36.9 Å². The van der Waals surface area contributed by atoms with Gasteiger partial charge in [-0.1, -0.05) is 6.07 Å². The van der Waals surface area contributed by atoms with Crippen LogP contribution in [0, 0.1) is 5.82 Å². The molecule has 0 spiro atoms. The molecule has 0 aliphatic carbocycles. The number of guanidine groups is 1. The Hall–Kier alpha value is -1.92. The van der Waals surface area contributed by atoms with Crippen molar-refractivity contribution < 1.29 is 17.9 Å². The van der Waals surface area contributed by atoms with Crippen LogP contribution in [0.5, 0.6) is 5.75 Å². The van der Waals surface area contributed by atoms with E-state index in [1.54, 1.807) is 0 Å². The molecule has 1 aromatic carbocycles. The van der Waals surface area contributed by atoms with E-state index >= 15 is 0 Å². The summed E-state index contributed by atoms with van der Waals surface area (Å²) in [5.74, 6) is -0.0959. The molecule has 1 fully saturated rings. The molecule has 1 aliphatic heterocycles. The number of hydrogen-bond donors (Lipinski definition) is 1. The average Bonchev–Trinajstić information content (AvgIpc) is 2.99. The van der Waals surface area contributed by atoms with Crippen molar-refractivity contribution in [2.24, 2.45) is 4.99 Å². The van der Waals surface area contributed by atoms with Gasteiger partial charge in [-0.2, -0.15) is 8.78 Å². The van der Waals surface area contributed by atoms with Gasteiger partial charge in [-0.25, -0.2) is 9.38 Å². The molecule has 122 valence electrons. The highest BCUT2D eigenvalue weighted by Gasteiger charge is 2.17. The van der Waals surface area contributed by atoms with Crippen molar-refractivity contribution in [2.75, 3.05) is 19.6 Å². The molecule has 4 nitrogen and oxygen atoms in total. The van der Waals surface area contributed by atoms with Crippen LogP contribution < -0.4 is 10.1 Å². The Morgan fingerprint density at radius 2 is 2.09 bits per heavy atom. The molecule has 7 heteroatoms. The van der Waals surface area contributed by atoms with Gasteiger partial charge in [0.25, 0.3) is 0 Å². The van der Waals surface area contributed by atoms with E-state index in [4.69, 9.17) is 0 Å². The first-order chi connectivity index (χ1) is 10.6. The van der Waals surface area contributed by atoms with Crippen LogP contribution in [-0.4, -0.2) is 37.1 Å². The summed E-state index contributed by atoms with van der Waals surface area (Å²) in [4.78, 5) is 6.44. The largest absolute Gasteiger partial charge is 0.434 e. The number of rotatable bonds is 5. The molecular formula is C15H20F3N3O. The maximum absolute atomic E-state index is 13.9. The molecule has 1 saturated heterocycles. The summed E-state index contributed by atoms with van der Waals surface area (Å²) in [5.41, 5.74) is 0.0393. The summed E-state index contributed by atoms with van der Waals surface area (Å²) in [6.07, 6.45) is 2.17. The molecule has 0 bridgehead atoms. The van der Waals surface area contributed by atoms with Crippen LogP contribution in [0.15, 0.2) is 23.2 Å². The van der Waals surface area contributed by atoms with Crippen LogP contribution in [-0.2, 0) is 6.54 Å². The smallest absolute Gasteiger partial charge is 0.387 e. The number of benzene rings is 1. The third kappa shape index (κ3) is 4.29. The van der Waals surface area contributed by atoms with Crippen LogP contribution in [0.25, 0.3) is 0 Å². The van der Waals surface area contributed by atoms with E-state index in [9.17, 15) is 13.2 Å². The van der Waals surface area contributed by atoms with E-state index in [0.29, 0.717) is 12.5 Å². The SMILES string of the molecule is CCNC(=NCc1c(F)cccc1OC(F)F)N1CCCC1. The summed E-state index contributed by atoms with van der Waals surface area (Å²) in [7, 11) is 0. The van der Waals surface area contributed by atoms with Gasteiger partial charge < -0.3 is 15.0 Å². The molecule has 1 aromatic rings. The van der Waals surface area contributed by atoms with E-state index in [-0.39, 0.29) is 17.9 Å². The number of hydrogen-bond acceptors (Lipinski definition) is 2. The second-order valence-electron chi connectivity index (χ2n) is 4.96. The zero-order chi connectivity index (χ0) is 15.9. The van der Waals surface area contributed by atoms with Crippen molar-refractivity contribution in [1.82, 2.24) is 10.2 Å². The lowest BCUT2D eigenvalue weighted by molar-refractivity contribution is -0.0506. The zero-order valence-electron chi connectivity index (χ0n) is 12.5. The number of alkyl halides is 2. The fourth-order valence-corrected chi connectivity index (χ4v) is 2.41. The van der Waals surface area contributed by atoms with Gasteiger partial charge in [-0.15, -0.1) is 0 Å². The van der Waals surface area contributed by atoms with Crippen LogP contribution in [0.1, 0.15) is 25.3 Å². The Balaban J connectivity index is 2.18. The van der Waals surface area contributed by atoms with Crippen molar-refractivity contribution in [1.29, 1.82) is 0 Å². The van der Waals surface area contributed by atoms with Crippen molar-refractivity contribution in [3.05, 3.63) is 29.6 Å². The summed E-state index contributed by atoms with van der Waals surface area (Å²) in [5, 5.41) is 3.14. The number of nitrogens with zero attached hydrogens (tertiary/aromatic N) is 2. The van der Waals surface area contributed by atoms with E-state index in [1.165, 1.54) is 18.2 Å². The maximum Gasteiger partial charge on any atom is 0.387 e. The third-order valence-corrected chi connectivity index (χ3v) is 3.42. The fraction of sp³-hybridized carbons (Fsp3) is 0.533. The Bertz CT molecular complexity index is 517. The predicted octanol–water partition coefficient (Wildman–Crippen LogP) is 2.99. The number of nitrogens with one attached hydrogen (secondary N) is 1. The van der Waals surface area contributed by atoms with Gasteiger partial charge in [0, 0.05) is 19.6 Å². The Labute approximate surface area is 128 Å². The molecule has 0 aromatic heterocycles. The van der Waals surface area contributed by atoms with Gasteiger partial charge in [0.05, 0.1) is 12.1 Å². The summed E-state index contributed by atoms with van der Waals surface area (Å²) in [6.45, 7) is 1.38. The monoisotopic (exact) mass is 315 g/mol. The highest BCUT2D eigenvalue weighted by molar-refractivity contribution is 5.80. The standard InChI is InChI=1S/C15H20F3N3O/c1-2-19-15(21-8-3-4-9-21)20-10-11-12(16)6-5-7-13(11)22-14(17)18/h5-7,14H,2-4,8-10H2,1H3,(H,19,20). The molecule has 1 N–H and O–H groups in total. The van der Waals surface area contributed by atoms with E-state index in [1.807, 2.05) is 6.92 Å². The first-order valence-electron chi connectivity index (χ1n) is 7.37. The number of likely N-dealkylation sites (tertiary alicyclic amines) is 1. The first-order valence-corrected chi connectivity index (χ1v) is 7.37. The first kappa shape index (κ1) is 16.5. The molecule has 0 amide bonds. The van der Waals surface area contributed by atoms with Crippen LogP contribution in [0.3, 0.4) is 0 Å². The van der Waals surface area contributed by atoms with E-state index in [2.05, 4.69) is 19.9 Å². The highest BCUT2D eigenvalue weighted by Crippen LogP contribution is 2.24. The van der Waals surface area contributed by atoms with Gasteiger partial charge in [-0.3, -0.25) is 0 Å². The summed E-state index contributed by atoms with van der Waals surface area (Å²) < 4.78 is 43.0. The molecule has 0 saturated carbocycles. The Morgan fingerprint density at radius 1 is 1.36 bits per heavy atom. The van der Waals surface area contributed by atoms with Crippen molar-refractivity contribution in [3.63, 3.8) is 0 Å². The molecule has 22 heavy (non-hydrogen) atoms. The molecule has 1 aliphatic rings. The minimum Gasteiger partial charge on any atom is -0.434 e. The van der Waals surface area contributed by atoms with Crippen molar-refractivity contribution in [2.45, 2.75) is 32.9 Å². The van der Waals surface area contributed by atoms with Gasteiger partial charge in [0.1, 0.15) is 11.6 Å². The van der Waals surface area contributed by atoms with Crippen molar-refractivity contribution >= 4 is 5.96 Å². The van der Waals surface area contributed by atoms with Gasteiger partial charge in [-0.05, 0) is 31.9 Å². The van der Waals surface area contributed by atoms with Crippen LogP contribution in [0.2, 0.25) is 0 Å². The lowest BCUT2D eigenvalue weighted by Crippen LogP contribution is -2.39. The fourth-order valence-electron chi connectivity index (χ4n) is 2.41. The molecule has 0 radical (unpaired) electrons. The van der Waals surface area contributed by atoms with E-state index in [0.717, 1.165) is 25.9 Å². The van der Waals surface area contributed by atoms with Gasteiger partial charge >= 0.3 is 6.61 Å². The minimum absolute atomic E-state index is 0.0393. The molecule has 1 heterocycles. The molecule has 0 atom stereocenters. The summed E-state index contributed by atoms with van der Waals surface area (Å²) in [6, 6.07) is 3.88. The number of halogens is 3. The van der Waals surface area contributed by atoms with Crippen LogP contribution in [0.4, 0.5) is 13.2 Å². The Kier molecular flexibility index (Phi) is 5.91. The minimum atomic E-state index is -2.99. The zero-order valence-corrected chi connectivity index (χ0v) is 12.5.